The predicted molar refractivity (Wildman–Crippen MR) is 72.9 cm³/mol. The molecule has 10 nitrogen and oxygen atoms in total. The maximum Gasteiger partial charge on any atom is 0.200 e. The smallest absolute Gasteiger partial charge is 0.200 e. The molecule has 9 N–H and O–H groups in total. The molecule has 0 saturated carbocycles. The number of carbonyl (C=O) groups excluding carboxylic acids is 1. The number of hydrogen-bond donors (Lipinski definition) is 9. The number of rotatable bonds is 7. The van der Waals surface area contributed by atoms with Gasteiger partial charge in [0.25, 0.3) is 0 Å². The first-order valence-corrected chi connectivity index (χ1v) is 6.42. The Balaban J connectivity index is 2.95. The van der Waals surface area contributed by atoms with Crippen molar-refractivity contribution >= 4 is 5.78 Å². The number of hydrogen-bond acceptors (Lipinski definition) is 10. The summed E-state index contributed by atoms with van der Waals surface area (Å²) >= 11 is 0. The minimum atomic E-state index is -2.28. The van der Waals surface area contributed by atoms with Gasteiger partial charge in [0, 0.05) is 5.56 Å². The number of phenolic OH excluding ortho intramolecular Hbond substituents is 3. The minimum Gasteiger partial charge on any atom is -0.504 e. The molecule has 0 aliphatic carbocycles. The van der Waals surface area contributed by atoms with Gasteiger partial charge in [0.2, 0.25) is 0 Å². The quantitative estimate of drug-likeness (QED) is 0.180. The van der Waals surface area contributed by atoms with Gasteiger partial charge in [-0.15, -0.1) is 0 Å². The normalized spacial score (nSPS) is 18.0. The molecule has 0 spiro atoms. The fourth-order valence-electron chi connectivity index (χ4n) is 1.80. The number of phenols is 3. The average molecular weight is 334 g/mol. The van der Waals surface area contributed by atoms with Crippen LogP contribution in [0.25, 0.3) is 0 Å². The van der Waals surface area contributed by atoms with Crippen LogP contribution in [0.4, 0.5) is 0 Å². The highest BCUT2D eigenvalue weighted by atomic mass is 16.4. The van der Waals surface area contributed by atoms with Crippen molar-refractivity contribution in [3.8, 4) is 17.2 Å². The van der Waals surface area contributed by atoms with Crippen LogP contribution < -0.4 is 0 Å². The van der Waals surface area contributed by atoms with E-state index in [1.54, 1.807) is 0 Å². The lowest BCUT2D eigenvalue weighted by Gasteiger charge is -2.27. The maximum absolute atomic E-state index is 11.9. The van der Waals surface area contributed by atoms with Crippen molar-refractivity contribution in [3.05, 3.63) is 17.7 Å². The third kappa shape index (κ3) is 4.07. The number of aromatic hydroxyl groups is 3. The maximum atomic E-state index is 11.9. The Kier molecular flexibility index (Phi) is 6.27. The highest BCUT2D eigenvalue weighted by molar-refractivity contribution is 6.00. The Morgan fingerprint density at radius 1 is 0.870 bits per heavy atom. The minimum absolute atomic E-state index is 0.492. The molecule has 0 fully saturated rings. The largest absolute Gasteiger partial charge is 0.504 e. The standard InChI is InChI=1S/C13H18O10/c14-3-7(17)10(20)12(22)13(23)11(21)8(18)4-1-5(15)9(19)6(16)2-4/h1-2,7,10-17,19-23H,3H2/t7-,10-,11?,12+,13+/m1/s1. The number of benzene rings is 1. The first-order chi connectivity index (χ1) is 10.6. The van der Waals surface area contributed by atoms with Gasteiger partial charge < -0.3 is 46.0 Å². The zero-order valence-corrected chi connectivity index (χ0v) is 11.7. The van der Waals surface area contributed by atoms with E-state index < -0.39 is 65.7 Å². The topological polar surface area (TPSA) is 199 Å². The van der Waals surface area contributed by atoms with Crippen molar-refractivity contribution in [1.29, 1.82) is 0 Å². The summed E-state index contributed by atoms with van der Waals surface area (Å²) in [7, 11) is 0. The lowest BCUT2D eigenvalue weighted by Crippen LogP contribution is -2.51. The molecule has 23 heavy (non-hydrogen) atoms. The molecule has 0 amide bonds. The van der Waals surface area contributed by atoms with Crippen LogP contribution in [0.5, 0.6) is 17.2 Å². The molecule has 0 bridgehead atoms. The van der Waals surface area contributed by atoms with Crippen LogP contribution in [0.2, 0.25) is 0 Å². The molecule has 1 aromatic rings. The number of carbonyl (C=O) groups is 1. The molecule has 130 valence electrons. The van der Waals surface area contributed by atoms with Gasteiger partial charge in [0.05, 0.1) is 6.61 Å². The summed E-state index contributed by atoms with van der Waals surface area (Å²) in [6, 6.07) is 1.41. The molecule has 1 rings (SSSR count). The van der Waals surface area contributed by atoms with Gasteiger partial charge in [-0.25, -0.2) is 0 Å². The third-order valence-corrected chi connectivity index (χ3v) is 3.23. The van der Waals surface area contributed by atoms with E-state index in [0.717, 1.165) is 0 Å². The van der Waals surface area contributed by atoms with E-state index >= 15 is 0 Å². The number of aliphatic hydroxyl groups is 6. The first kappa shape index (κ1) is 19.1. The van der Waals surface area contributed by atoms with E-state index in [1.807, 2.05) is 0 Å². The highest BCUT2D eigenvalue weighted by Gasteiger charge is 2.37. The van der Waals surface area contributed by atoms with Gasteiger partial charge in [0.15, 0.2) is 23.0 Å². The van der Waals surface area contributed by atoms with Crippen LogP contribution in [0.15, 0.2) is 12.1 Å². The van der Waals surface area contributed by atoms with Crippen molar-refractivity contribution in [2.24, 2.45) is 0 Å². The summed E-state index contributed by atoms with van der Waals surface area (Å²) in [5, 5.41) is 84.0. The summed E-state index contributed by atoms with van der Waals surface area (Å²) in [5.41, 5.74) is -0.492. The van der Waals surface area contributed by atoms with E-state index in [1.165, 1.54) is 0 Å². The Bertz CT molecular complexity index is 537. The van der Waals surface area contributed by atoms with E-state index in [4.69, 9.17) is 15.3 Å². The Morgan fingerprint density at radius 2 is 1.35 bits per heavy atom. The SMILES string of the molecule is O=C(c1cc(O)c(O)c(O)c1)C(O)[C@H](O)[C@@H](O)[C@H](O)[C@H](O)CO. The number of ketones is 1. The van der Waals surface area contributed by atoms with Gasteiger partial charge in [-0.1, -0.05) is 0 Å². The molecule has 0 radical (unpaired) electrons. The third-order valence-electron chi connectivity index (χ3n) is 3.23. The van der Waals surface area contributed by atoms with Crippen molar-refractivity contribution in [2.75, 3.05) is 6.61 Å². The molecular weight excluding hydrogens is 316 g/mol. The predicted octanol–water partition coefficient (Wildman–Crippen LogP) is -3.22. The summed E-state index contributed by atoms with van der Waals surface area (Å²) in [4.78, 5) is 11.9. The number of Topliss-reactive ketones (excluding diaryl/α,β-unsaturated/α-hetero) is 1. The number of aliphatic hydroxyl groups excluding tert-OH is 6. The zero-order valence-electron chi connectivity index (χ0n) is 11.7. The van der Waals surface area contributed by atoms with Gasteiger partial charge in [-0.05, 0) is 12.1 Å². The van der Waals surface area contributed by atoms with Crippen LogP contribution in [0.1, 0.15) is 10.4 Å². The second-order valence-electron chi connectivity index (χ2n) is 4.89. The summed E-state index contributed by atoms with van der Waals surface area (Å²) in [5.74, 6) is -3.84. The fraction of sp³-hybridized carbons (Fsp3) is 0.462. The average Bonchev–Trinajstić information content (AvgIpc) is 2.54. The van der Waals surface area contributed by atoms with Crippen LogP contribution >= 0.6 is 0 Å². The highest BCUT2D eigenvalue weighted by Crippen LogP contribution is 2.35. The Labute approximate surface area is 129 Å². The second-order valence-corrected chi connectivity index (χ2v) is 4.89. The lowest BCUT2D eigenvalue weighted by molar-refractivity contribution is -0.133. The summed E-state index contributed by atoms with van der Waals surface area (Å²) < 4.78 is 0. The molecule has 0 aliphatic rings. The molecule has 0 saturated heterocycles. The molecule has 1 unspecified atom stereocenters. The van der Waals surface area contributed by atoms with Crippen molar-refractivity contribution in [2.45, 2.75) is 30.5 Å². The van der Waals surface area contributed by atoms with Gasteiger partial charge in [0.1, 0.15) is 30.5 Å². The van der Waals surface area contributed by atoms with Gasteiger partial charge in [-0.2, -0.15) is 0 Å². The lowest BCUT2D eigenvalue weighted by atomic mass is 9.94. The van der Waals surface area contributed by atoms with E-state index in [2.05, 4.69) is 0 Å². The monoisotopic (exact) mass is 334 g/mol. The van der Waals surface area contributed by atoms with E-state index in [-0.39, 0.29) is 0 Å². The van der Waals surface area contributed by atoms with Crippen molar-refractivity contribution in [1.82, 2.24) is 0 Å². The zero-order chi connectivity index (χ0) is 17.9. The second kappa shape index (κ2) is 7.55. The van der Waals surface area contributed by atoms with Gasteiger partial charge in [-0.3, -0.25) is 4.79 Å². The molecule has 0 aromatic heterocycles. The molecule has 1 aromatic carbocycles. The first-order valence-electron chi connectivity index (χ1n) is 6.42. The van der Waals surface area contributed by atoms with Crippen LogP contribution in [-0.2, 0) is 0 Å². The van der Waals surface area contributed by atoms with E-state index in [9.17, 15) is 35.4 Å². The molecule has 0 heterocycles. The van der Waals surface area contributed by atoms with E-state index in [0.29, 0.717) is 12.1 Å². The van der Waals surface area contributed by atoms with Crippen molar-refractivity contribution < 1.29 is 50.8 Å². The summed E-state index contributed by atoms with van der Waals surface area (Å²) in [6.07, 6.45) is -10.6. The van der Waals surface area contributed by atoms with Gasteiger partial charge >= 0.3 is 0 Å². The fourth-order valence-corrected chi connectivity index (χ4v) is 1.80. The van der Waals surface area contributed by atoms with Crippen LogP contribution in [-0.4, -0.2) is 88.9 Å². The van der Waals surface area contributed by atoms with Crippen LogP contribution in [0.3, 0.4) is 0 Å². The molecule has 5 atom stereocenters. The molecular formula is C13H18O10. The molecule has 0 aliphatic heterocycles. The van der Waals surface area contributed by atoms with Crippen LogP contribution in [0, 0.1) is 0 Å². The summed E-state index contributed by atoms with van der Waals surface area (Å²) in [6.45, 7) is -0.936. The molecule has 10 heteroatoms. The van der Waals surface area contributed by atoms with Crippen molar-refractivity contribution in [3.63, 3.8) is 0 Å². The Morgan fingerprint density at radius 3 is 1.78 bits per heavy atom. The Hall–Kier alpha value is -1.95.